The highest BCUT2D eigenvalue weighted by atomic mass is 32.2. The third kappa shape index (κ3) is 2.66. The molecule has 0 aliphatic carbocycles. The fourth-order valence-electron chi connectivity index (χ4n) is 0.899. The van der Waals surface area contributed by atoms with Crippen molar-refractivity contribution < 1.29 is 23.1 Å². The van der Waals surface area contributed by atoms with Crippen LogP contribution in [-0.2, 0) is 9.84 Å². The molecule has 0 bridgehead atoms. The molecule has 0 aliphatic rings. The van der Waals surface area contributed by atoms with Crippen LogP contribution in [0.25, 0.3) is 0 Å². The second-order valence-corrected chi connectivity index (χ2v) is 4.78. The van der Waals surface area contributed by atoms with E-state index >= 15 is 0 Å². The molecule has 1 aromatic heterocycles. The maximum atomic E-state index is 11.2. The van der Waals surface area contributed by atoms with E-state index in [1.165, 1.54) is 7.11 Å². The monoisotopic (exact) mass is 231 g/mol. The number of aromatic nitrogens is 1. The predicted molar refractivity (Wildman–Crippen MR) is 50.9 cm³/mol. The highest BCUT2D eigenvalue weighted by Crippen LogP contribution is 2.15. The van der Waals surface area contributed by atoms with Gasteiger partial charge in [0.05, 0.1) is 12.7 Å². The molecule has 82 valence electrons. The number of rotatable bonds is 3. The molecule has 0 aliphatic heterocycles. The summed E-state index contributed by atoms with van der Waals surface area (Å²) in [5.41, 5.74) is -0.178. The van der Waals surface area contributed by atoms with E-state index in [2.05, 4.69) is 4.98 Å². The number of nitrogens with zero attached hydrogens (tertiary/aromatic N) is 1. The Morgan fingerprint density at radius 2 is 2.07 bits per heavy atom. The zero-order chi connectivity index (χ0) is 11.6. The fourth-order valence-corrected chi connectivity index (χ4v) is 1.50. The standard InChI is InChI=1S/C8H9NO5S/c1-14-6-3-5(8(10)11)4-7(9-6)15(2,12)13/h3-4H,1-2H3,(H,10,11). The normalized spacial score (nSPS) is 11.1. The molecule has 7 heteroatoms. The van der Waals surface area contributed by atoms with Gasteiger partial charge in [-0.05, 0) is 6.07 Å². The van der Waals surface area contributed by atoms with Gasteiger partial charge in [0.1, 0.15) is 0 Å². The lowest BCUT2D eigenvalue weighted by Gasteiger charge is -2.03. The quantitative estimate of drug-likeness (QED) is 0.798. The van der Waals surface area contributed by atoms with Crippen molar-refractivity contribution >= 4 is 15.8 Å². The molecule has 1 aromatic rings. The number of aromatic carboxylic acids is 1. The van der Waals surface area contributed by atoms with Crippen LogP contribution in [0.5, 0.6) is 5.88 Å². The average molecular weight is 231 g/mol. The van der Waals surface area contributed by atoms with Crippen LogP contribution in [0.2, 0.25) is 0 Å². The molecule has 0 saturated carbocycles. The third-order valence-electron chi connectivity index (χ3n) is 1.61. The van der Waals surface area contributed by atoms with Crippen LogP contribution < -0.4 is 4.74 Å². The van der Waals surface area contributed by atoms with E-state index in [4.69, 9.17) is 9.84 Å². The second kappa shape index (κ2) is 3.85. The number of carboxylic acids is 1. The lowest BCUT2D eigenvalue weighted by atomic mass is 10.3. The van der Waals surface area contributed by atoms with Crippen LogP contribution in [0.1, 0.15) is 10.4 Å². The van der Waals surface area contributed by atoms with E-state index in [9.17, 15) is 13.2 Å². The van der Waals surface area contributed by atoms with Gasteiger partial charge in [0.15, 0.2) is 14.9 Å². The molecule has 0 fully saturated rings. The summed E-state index contributed by atoms with van der Waals surface area (Å²) in [6.07, 6.45) is 0.945. The van der Waals surface area contributed by atoms with Crippen molar-refractivity contribution in [3.05, 3.63) is 17.7 Å². The van der Waals surface area contributed by atoms with Crippen LogP contribution in [-0.4, -0.2) is 37.8 Å². The van der Waals surface area contributed by atoms with Crippen molar-refractivity contribution in [2.45, 2.75) is 5.03 Å². The average Bonchev–Trinajstić information content (AvgIpc) is 2.15. The van der Waals surface area contributed by atoms with Gasteiger partial charge in [-0.15, -0.1) is 0 Å². The first-order valence-corrected chi connectivity index (χ1v) is 5.73. The Bertz CT molecular complexity index is 494. The van der Waals surface area contributed by atoms with Crippen molar-refractivity contribution in [1.82, 2.24) is 4.98 Å². The highest BCUT2D eigenvalue weighted by molar-refractivity contribution is 7.90. The number of methoxy groups -OCH3 is 1. The molecule has 0 saturated heterocycles. The van der Waals surface area contributed by atoms with E-state index in [1.54, 1.807) is 0 Å². The summed E-state index contributed by atoms with van der Waals surface area (Å²) in [6.45, 7) is 0. The topological polar surface area (TPSA) is 93.6 Å². The molecule has 0 amide bonds. The molecule has 0 spiro atoms. The van der Waals surface area contributed by atoms with E-state index < -0.39 is 15.8 Å². The SMILES string of the molecule is COc1cc(C(=O)O)cc(S(C)(=O)=O)n1. The minimum atomic E-state index is -3.55. The minimum absolute atomic E-state index is 0.0460. The number of sulfone groups is 1. The Hall–Kier alpha value is -1.63. The molecule has 0 unspecified atom stereocenters. The summed E-state index contributed by atoms with van der Waals surface area (Å²) in [7, 11) is -2.27. The highest BCUT2D eigenvalue weighted by Gasteiger charge is 2.15. The maximum absolute atomic E-state index is 11.2. The molecule has 0 aromatic carbocycles. The van der Waals surface area contributed by atoms with Crippen LogP contribution in [0.15, 0.2) is 17.2 Å². The Morgan fingerprint density at radius 3 is 2.47 bits per heavy atom. The van der Waals surface area contributed by atoms with Crippen LogP contribution >= 0.6 is 0 Å². The molecule has 1 heterocycles. The number of ether oxygens (including phenoxy) is 1. The van der Waals surface area contributed by atoms with Crippen LogP contribution in [0, 0.1) is 0 Å². The van der Waals surface area contributed by atoms with Crippen molar-refractivity contribution in [2.24, 2.45) is 0 Å². The van der Waals surface area contributed by atoms with Gasteiger partial charge in [-0.1, -0.05) is 0 Å². The fraction of sp³-hybridized carbons (Fsp3) is 0.250. The molecular weight excluding hydrogens is 222 g/mol. The van der Waals surface area contributed by atoms with E-state index in [-0.39, 0.29) is 16.5 Å². The number of hydrogen-bond donors (Lipinski definition) is 1. The first-order valence-electron chi connectivity index (χ1n) is 3.84. The first-order chi connectivity index (χ1) is 6.84. The van der Waals surface area contributed by atoms with Gasteiger partial charge in [-0.2, -0.15) is 0 Å². The summed E-state index contributed by atoms with van der Waals surface area (Å²) < 4.78 is 27.0. The maximum Gasteiger partial charge on any atom is 0.335 e. The number of carboxylic acid groups (broad SMARTS) is 1. The number of carbonyl (C=O) groups is 1. The van der Waals surface area contributed by atoms with E-state index in [0.717, 1.165) is 18.4 Å². The Morgan fingerprint density at radius 1 is 1.47 bits per heavy atom. The molecule has 15 heavy (non-hydrogen) atoms. The van der Waals surface area contributed by atoms with Crippen LogP contribution in [0.3, 0.4) is 0 Å². The second-order valence-electron chi connectivity index (χ2n) is 2.81. The van der Waals surface area contributed by atoms with Crippen molar-refractivity contribution in [3.8, 4) is 5.88 Å². The number of hydrogen-bond acceptors (Lipinski definition) is 5. The lowest BCUT2D eigenvalue weighted by molar-refractivity contribution is 0.0696. The molecule has 0 radical (unpaired) electrons. The van der Waals surface area contributed by atoms with Crippen LogP contribution in [0.4, 0.5) is 0 Å². The summed E-state index contributed by atoms with van der Waals surface area (Å²) >= 11 is 0. The van der Waals surface area contributed by atoms with Gasteiger partial charge in [-0.3, -0.25) is 0 Å². The zero-order valence-electron chi connectivity index (χ0n) is 8.09. The molecule has 1 rings (SSSR count). The number of pyridine rings is 1. The zero-order valence-corrected chi connectivity index (χ0v) is 8.91. The smallest absolute Gasteiger partial charge is 0.335 e. The molecule has 1 N–H and O–H groups in total. The van der Waals surface area contributed by atoms with Gasteiger partial charge in [-0.25, -0.2) is 18.2 Å². The van der Waals surface area contributed by atoms with E-state index in [1.807, 2.05) is 0 Å². The summed E-state index contributed by atoms with van der Waals surface area (Å²) in [5.74, 6) is -1.28. The summed E-state index contributed by atoms with van der Waals surface area (Å²) in [6, 6.07) is 2.14. The molecule has 6 nitrogen and oxygen atoms in total. The first kappa shape index (κ1) is 11.4. The van der Waals surface area contributed by atoms with Gasteiger partial charge in [0, 0.05) is 12.3 Å². The summed E-state index contributed by atoms with van der Waals surface area (Å²) in [5, 5.41) is 8.40. The largest absolute Gasteiger partial charge is 0.481 e. The van der Waals surface area contributed by atoms with Crippen molar-refractivity contribution in [1.29, 1.82) is 0 Å². The van der Waals surface area contributed by atoms with Gasteiger partial charge < -0.3 is 9.84 Å². The van der Waals surface area contributed by atoms with Crippen molar-refractivity contribution in [2.75, 3.05) is 13.4 Å². The molecular formula is C8H9NO5S. The third-order valence-corrected chi connectivity index (χ3v) is 2.58. The summed E-state index contributed by atoms with van der Waals surface area (Å²) in [4.78, 5) is 14.3. The molecule has 0 atom stereocenters. The van der Waals surface area contributed by atoms with E-state index in [0.29, 0.717) is 0 Å². The Balaban J connectivity index is 3.43. The Labute approximate surface area is 86.4 Å². The van der Waals surface area contributed by atoms with Gasteiger partial charge in [0.25, 0.3) is 0 Å². The van der Waals surface area contributed by atoms with Gasteiger partial charge in [0.2, 0.25) is 5.88 Å². The van der Waals surface area contributed by atoms with Gasteiger partial charge >= 0.3 is 5.97 Å². The Kier molecular flexibility index (Phi) is 2.94. The lowest BCUT2D eigenvalue weighted by Crippen LogP contribution is -2.06. The van der Waals surface area contributed by atoms with Crippen molar-refractivity contribution in [3.63, 3.8) is 0 Å². The minimum Gasteiger partial charge on any atom is -0.481 e. The predicted octanol–water partition coefficient (Wildman–Crippen LogP) is 0.192.